The Kier molecular flexibility index (Phi) is 2.98. The summed E-state index contributed by atoms with van der Waals surface area (Å²) in [5.74, 6) is 0. The minimum Gasteiger partial charge on any atom is -0.399 e. The van der Waals surface area contributed by atoms with Crippen LogP contribution in [0.1, 0.15) is 5.56 Å². The fourth-order valence-corrected chi connectivity index (χ4v) is 3.39. The van der Waals surface area contributed by atoms with Crippen LogP contribution in [0.4, 0.5) is 5.69 Å². The van der Waals surface area contributed by atoms with Crippen LogP contribution in [0.3, 0.4) is 0 Å². The molecule has 2 aromatic carbocycles. The van der Waals surface area contributed by atoms with Gasteiger partial charge in [-0.15, -0.1) is 11.3 Å². The molecule has 0 aliphatic carbocycles. The first-order valence-corrected chi connectivity index (χ1v) is 7.98. The zero-order chi connectivity index (χ0) is 15.1. The molecule has 0 amide bonds. The van der Waals surface area contributed by atoms with Crippen molar-refractivity contribution in [3.05, 3.63) is 65.7 Å². The summed E-state index contributed by atoms with van der Waals surface area (Å²) in [6, 6.07) is 16.4. The first-order chi connectivity index (χ1) is 10.7. The van der Waals surface area contributed by atoms with Gasteiger partial charge in [0.05, 0.1) is 11.4 Å². The van der Waals surface area contributed by atoms with Gasteiger partial charge in [0.15, 0.2) is 4.96 Å². The second kappa shape index (κ2) is 5.00. The number of anilines is 1. The first kappa shape index (κ1) is 13.1. The van der Waals surface area contributed by atoms with Crippen molar-refractivity contribution < 1.29 is 0 Å². The lowest BCUT2D eigenvalue weighted by atomic mass is 10.1. The number of aryl methyl sites for hydroxylation is 1. The van der Waals surface area contributed by atoms with E-state index in [4.69, 9.17) is 10.7 Å². The number of imidazole rings is 1. The highest BCUT2D eigenvalue weighted by atomic mass is 32.1. The Bertz CT molecular complexity index is 931. The summed E-state index contributed by atoms with van der Waals surface area (Å²) >= 11 is 1.65. The highest BCUT2D eigenvalue weighted by Gasteiger charge is 2.10. The van der Waals surface area contributed by atoms with Gasteiger partial charge in [-0.1, -0.05) is 42.0 Å². The third kappa shape index (κ3) is 2.18. The molecule has 4 heteroatoms. The Labute approximate surface area is 132 Å². The summed E-state index contributed by atoms with van der Waals surface area (Å²) in [5, 5.41) is 2.13. The molecule has 0 aliphatic heterocycles. The Morgan fingerprint density at radius 2 is 1.64 bits per heavy atom. The van der Waals surface area contributed by atoms with Crippen molar-refractivity contribution in [3.63, 3.8) is 0 Å². The number of benzene rings is 2. The van der Waals surface area contributed by atoms with Crippen molar-refractivity contribution in [1.82, 2.24) is 9.38 Å². The van der Waals surface area contributed by atoms with Crippen LogP contribution in [0.5, 0.6) is 0 Å². The summed E-state index contributed by atoms with van der Waals surface area (Å²) in [4.78, 5) is 5.74. The molecule has 0 bridgehead atoms. The van der Waals surface area contributed by atoms with E-state index in [0.29, 0.717) is 0 Å². The second-order valence-electron chi connectivity index (χ2n) is 5.39. The maximum absolute atomic E-state index is 5.77. The highest BCUT2D eigenvalue weighted by molar-refractivity contribution is 7.15. The predicted molar refractivity (Wildman–Crippen MR) is 93.1 cm³/mol. The maximum Gasteiger partial charge on any atom is 0.194 e. The maximum atomic E-state index is 5.77. The Morgan fingerprint density at radius 1 is 0.955 bits per heavy atom. The normalized spacial score (nSPS) is 11.1. The molecule has 22 heavy (non-hydrogen) atoms. The Morgan fingerprint density at radius 3 is 2.36 bits per heavy atom. The van der Waals surface area contributed by atoms with Gasteiger partial charge in [-0.2, -0.15) is 0 Å². The molecule has 0 atom stereocenters. The number of nitrogens with two attached hydrogens (primary N) is 1. The molecule has 0 saturated heterocycles. The van der Waals surface area contributed by atoms with Crippen LogP contribution in [0.2, 0.25) is 0 Å². The van der Waals surface area contributed by atoms with Crippen LogP contribution < -0.4 is 5.73 Å². The van der Waals surface area contributed by atoms with Crippen molar-refractivity contribution in [2.75, 3.05) is 5.73 Å². The molecule has 0 aliphatic rings. The quantitative estimate of drug-likeness (QED) is 0.549. The molecule has 0 unspecified atom stereocenters. The van der Waals surface area contributed by atoms with Gasteiger partial charge >= 0.3 is 0 Å². The van der Waals surface area contributed by atoms with Gasteiger partial charge in [0, 0.05) is 22.8 Å². The van der Waals surface area contributed by atoms with Crippen LogP contribution >= 0.6 is 11.3 Å². The number of nitrogen functional groups attached to an aromatic ring is 1. The van der Waals surface area contributed by atoms with Crippen LogP contribution in [-0.2, 0) is 0 Å². The second-order valence-corrected chi connectivity index (χ2v) is 6.22. The van der Waals surface area contributed by atoms with E-state index in [1.165, 1.54) is 5.56 Å². The zero-order valence-corrected chi connectivity index (χ0v) is 13.0. The lowest BCUT2D eigenvalue weighted by molar-refractivity contribution is 1.24. The number of hydrogen-bond donors (Lipinski definition) is 1. The number of aromatic nitrogens is 2. The molecule has 4 rings (SSSR count). The van der Waals surface area contributed by atoms with Crippen molar-refractivity contribution in [2.24, 2.45) is 0 Å². The lowest BCUT2D eigenvalue weighted by Crippen LogP contribution is -1.86. The van der Waals surface area contributed by atoms with E-state index in [0.717, 1.165) is 33.2 Å². The van der Waals surface area contributed by atoms with Crippen molar-refractivity contribution >= 4 is 22.0 Å². The number of fused-ring (bicyclic) bond motifs is 1. The van der Waals surface area contributed by atoms with Crippen molar-refractivity contribution in [2.45, 2.75) is 6.92 Å². The van der Waals surface area contributed by atoms with E-state index in [9.17, 15) is 0 Å². The molecule has 3 nitrogen and oxygen atoms in total. The van der Waals surface area contributed by atoms with Crippen LogP contribution in [0, 0.1) is 6.92 Å². The van der Waals surface area contributed by atoms with Crippen molar-refractivity contribution in [1.29, 1.82) is 0 Å². The van der Waals surface area contributed by atoms with Gasteiger partial charge in [-0.25, -0.2) is 4.98 Å². The van der Waals surface area contributed by atoms with Gasteiger partial charge in [-0.3, -0.25) is 4.40 Å². The summed E-state index contributed by atoms with van der Waals surface area (Å²) in [7, 11) is 0. The molecule has 0 fully saturated rings. The fraction of sp³-hybridized carbons (Fsp3) is 0.0556. The van der Waals surface area contributed by atoms with Gasteiger partial charge in [-0.05, 0) is 24.6 Å². The van der Waals surface area contributed by atoms with Gasteiger partial charge in [0.2, 0.25) is 0 Å². The summed E-state index contributed by atoms with van der Waals surface area (Å²) < 4.78 is 2.14. The Hall–Kier alpha value is -2.59. The fourth-order valence-electron chi connectivity index (χ4n) is 2.51. The van der Waals surface area contributed by atoms with Crippen LogP contribution in [-0.4, -0.2) is 9.38 Å². The minimum absolute atomic E-state index is 0.779. The summed E-state index contributed by atoms with van der Waals surface area (Å²) in [5.41, 5.74) is 12.2. The van der Waals surface area contributed by atoms with E-state index in [1.807, 2.05) is 24.3 Å². The van der Waals surface area contributed by atoms with E-state index in [-0.39, 0.29) is 0 Å². The van der Waals surface area contributed by atoms with Crippen molar-refractivity contribution in [3.8, 4) is 22.5 Å². The molecular formula is C18H15N3S. The van der Waals surface area contributed by atoms with Gasteiger partial charge in [0.1, 0.15) is 0 Å². The Balaban J connectivity index is 1.82. The zero-order valence-electron chi connectivity index (χ0n) is 12.2. The topological polar surface area (TPSA) is 43.3 Å². The molecule has 2 N–H and O–H groups in total. The smallest absolute Gasteiger partial charge is 0.194 e. The number of hydrogen-bond acceptors (Lipinski definition) is 3. The molecule has 4 aromatic rings. The monoisotopic (exact) mass is 305 g/mol. The van der Waals surface area contributed by atoms with E-state index in [1.54, 1.807) is 11.3 Å². The lowest BCUT2D eigenvalue weighted by Gasteiger charge is -2.00. The van der Waals surface area contributed by atoms with E-state index in [2.05, 4.69) is 47.2 Å². The third-order valence-electron chi connectivity index (χ3n) is 3.76. The SMILES string of the molecule is Cc1ccc(-c2cn3c(-c4ccc(N)cc4)csc3n2)cc1. The van der Waals surface area contributed by atoms with Crippen LogP contribution in [0.25, 0.3) is 27.5 Å². The largest absolute Gasteiger partial charge is 0.399 e. The molecule has 0 spiro atoms. The number of rotatable bonds is 2. The van der Waals surface area contributed by atoms with E-state index >= 15 is 0 Å². The number of nitrogens with zero attached hydrogens (tertiary/aromatic N) is 2. The minimum atomic E-state index is 0.779. The molecule has 2 heterocycles. The molecule has 0 radical (unpaired) electrons. The van der Waals surface area contributed by atoms with Gasteiger partial charge in [0.25, 0.3) is 0 Å². The average Bonchev–Trinajstić information content (AvgIpc) is 3.09. The third-order valence-corrected chi connectivity index (χ3v) is 4.60. The molecule has 2 aromatic heterocycles. The summed E-state index contributed by atoms with van der Waals surface area (Å²) in [6.07, 6.45) is 2.10. The first-order valence-electron chi connectivity index (χ1n) is 7.10. The highest BCUT2D eigenvalue weighted by Crippen LogP contribution is 2.29. The van der Waals surface area contributed by atoms with Crippen LogP contribution in [0.15, 0.2) is 60.1 Å². The molecule has 108 valence electrons. The van der Waals surface area contributed by atoms with Gasteiger partial charge < -0.3 is 5.73 Å². The molecular weight excluding hydrogens is 290 g/mol. The standard InChI is InChI=1S/C18H15N3S/c1-12-2-4-13(5-3-12)16-10-21-17(11-22-18(21)20-16)14-6-8-15(19)9-7-14/h2-11H,19H2,1H3. The summed E-state index contributed by atoms with van der Waals surface area (Å²) in [6.45, 7) is 2.09. The number of thiazole rings is 1. The predicted octanol–water partition coefficient (Wildman–Crippen LogP) is 4.62. The molecule has 0 saturated carbocycles. The average molecular weight is 305 g/mol. The van der Waals surface area contributed by atoms with E-state index < -0.39 is 0 Å².